The van der Waals surface area contributed by atoms with Crippen molar-refractivity contribution in [2.75, 3.05) is 6.61 Å². The molecule has 0 fully saturated rings. The van der Waals surface area contributed by atoms with Gasteiger partial charge < -0.3 is 9.47 Å². The summed E-state index contributed by atoms with van der Waals surface area (Å²) in [6.07, 6.45) is -4.55. The molecule has 0 amide bonds. The fraction of sp³-hybridized carbons (Fsp3) is 0.333. The molecule has 0 saturated carbocycles. The molecule has 1 unspecified atom stereocenters. The van der Waals surface area contributed by atoms with E-state index < -0.39 is 29.3 Å². The van der Waals surface area contributed by atoms with E-state index in [-0.39, 0.29) is 19.4 Å². The van der Waals surface area contributed by atoms with Crippen molar-refractivity contribution in [2.45, 2.75) is 38.5 Å². The van der Waals surface area contributed by atoms with Crippen LogP contribution in [0.3, 0.4) is 0 Å². The van der Waals surface area contributed by atoms with Gasteiger partial charge in [0.15, 0.2) is 0 Å². The molecule has 0 radical (unpaired) electrons. The maximum atomic E-state index is 12.6. The molecule has 0 bridgehead atoms. The van der Waals surface area contributed by atoms with Crippen LogP contribution in [0.1, 0.15) is 37.0 Å². The molecule has 0 aliphatic rings. The lowest BCUT2D eigenvalue weighted by molar-refractivity contribution is -0.165. The van der Waals surface area contributed by atoms with Crippen LogP contribution in [-0.2, 0) is 14.3 Å². The largest absolute Gasteiger partial charge is 0.462 e. The highest BCUT2D eigenvalue weighted by Gasteiger charge is 2.40. The van der Waals surface area contributed by atoms with Crippen LogP contribution in [0.5, 0.6) is 0 Å². The molecule has 4 nitrogen and oxygen atoms in total. The molecule has 0 N–H and O–H groups in total. The number of esters is 2. The molecular weight excluding hydrogens is 373 g/mol. The van der Waals surface area contributed by atoms with Crippen LogP contribution >= 0.6 is 0 Å². The number of hydrogen-bond donors (Lipinski definition) is 0. The fourth-order valence-electron chi connectivity index (χ4n) is 2.46. The highest BCUT2D eigenvalue weighted by atomic mass is 19.4. The quantitative estimate of drug-likeness (QED) is 0.477. The molecule has 2 aromatic carbocycles. The van der Waals surface area contributed by atoms with Crippen LogP contribution in [0.25, 0.3) is 10.8 Å². The SMILES string of the molecule is C=C(C(=O)OC(C)(CC)CCOC(=O)c1ccc2ccccc2c1)C(F)(F)F. The maximum absolute atomic E-state index is 12.6. The second-order valence-corrected chi connectivity index (χ2v) is 6.62. The molecule has 2 rings (SSSR count). The Morgan fingerprint density at radius 1 is 1.07 bits per heavy atom. The predicted molar refractivity (Wildman–Crippen MR) is 98.8 cm³/mol. The summed E-state index contributed by atoms with van der Waals surface area (Å²) in [6.45, 7) is 5.77. The number of fused-ring (bicyclic) bond motifs is 1. The zero-order chi connectivity index (χ0) is 20.9. The molecule has 0 aliphatic heterocycles. The summed E-state index contributed by atoms with van der Waals surface area (Å²) in [5, 5.41) is 1.87. The third-order valence-electron chi connectivity index (χ3n) is 4.52. The average molecular weight is 394 g/mol. The van der Waals surface area contributed by atoms with Crippen molar-refractivity contribution in [3.8, 4) is 0 Å². The predicted octanol–water partition coefficient (Wildman–Crippen LogP) is 5.22. The van der Waals surface area contributed by atoms with Crippen LogP contribution < -0.4 is 0 Å². The lowest BCUT2D eigenvalue weighted by Crippen LogP contribution is -2.35. The van der Waals surface area contributed by atoms with E-state index >= 15 is 0 Å². The summed E-state index contributed by atoms with van der Waals surface area (Å²) in [7, 11) is 0. The highest BCUT2D eigenvalue weighted by molar-refractivity contribution is 5.95. The molecule has 150 valence electrons. The number of ether oxygens (including phenoxy) is 2. The molecular formula is C21H21F3O4. The van der Waals surface area contributed by atoms with Gasteiger partial charge in [-0.3, -0.25) is 0 Å². The minimum absolute atomic E-state index is 0.0553. The van der Waals surface area contributed by atoms with Gasteiger partial charge in [0, 0.05) is 6.42 Å². The summed E-state index contributed by atoms with van der Waals surface area (Å²) in [5.41, 5.74) is -2.42. The third kappa shape index (κ3) is 5.34. The van der Waals surface area contributed by atoms with Gasteiger partial charge in [-0.2, -0.15) is 13.2 Å². The number of rotatable bonds is 7. The molecule has 2 aromatic rings. The van der Waals surface area contributed by atoms with Crippen molar-refractivity contribution >= 4 is 22.7 Å². The molecule has 0 spiro atoms. The van der Waals surface area contributed by atoms with Gasteiger partial charge >= 0.3 is 18.1 Å². The molecule has 0 aromatic heterocycles. The van der Waals surface area contributed by atoms with Gasteiger partial charge in [0.05, 0.1) is 12.2 Å². The Morgan fingerprint density at radius 3 is 2.32 bits per heavy atom. The van der Waals surface area contributed by atoms with Crippen LogP contribution in [0.15, 0.2) is 54.6 Å². The normalized spacial score (nSPS) is 13.6. The summed E-state index contributed by atoms with van der Waals surface area (Å²) < 4.78 is 47.9. The number of carbonyl (C=O) groups excluding carboxylic acids is 2. The first-order valence-corrected chi connectivity index (χ1v) is 8.71. The first-order chi connectivity index (χ1) is 13.1. The Hall–Kier alpha value is -2.83. The number of halogens is 3. The summed E-state index contributed by atoms with van der Waals surface area (Å²) in [4.78, 5) is 23.9. The zero-order valence-corrected chi connectivity index (χ0v) is 15.6. The minimum Gasteiger partial charge on any atom is -0.462 e. The van der Waals surface area contributed by atoms with Gasteiger partial charge in [0.25, 0.3) is 0 Å². The van der Waals surface area contributed by atoms with Gasteiger partial charge in [0.2, 0.25) is 0 Å². The monoisotopic (exact) mass is 394 g/mol. The number of hydrogen-bond acceptors (Lipinski definition) is 4. The van der Waals surface area contributed by atoms with Gasteiger partial charge in [-0.1, -0.05) is 43.8 Å². The molecule has 1 atom stereocenters. The van der Waals surface area contributed by atoms with Gasteiger partial charge in [-0.05, 0) is 36.2 Å². The van der Waals surface area contributed by atoms with Crippen molar-refractivity contribution in [3.63, 3.8) is 0 Å². The standard InChI is InChI=1S/C21H21F3O4/c1-4-20(3,28-18(25)14(2)21(22,23)24)11-12-27-19(26)17-10-9-15-7-5-6-8-16(15)13-17/h5-10,13H,2,4,11-12H2,1,3H3. The number of benzene rings is 2. The van der Waals surface area contributed by atoms with Crippen LogP contribution in [0.2, 0.25) is 0 Å². The Balaban J connectivity index is 1.95. The first-order valence-electron chi connectivity index (χ1n) is 8.71. The minimum atomic E-state index is -4.85. The van der Waals surface area contributed by atoms with Gasteiger partial charge in [-0.15, -0.1) is 0 Å². The van der Waals surface area contributed by atoms with Crippen LogP contribution in [0, 0.1) is 0 Å². The second-order valence-electron chi connectivity index (χ2n) is 6.62. The van der Waals surface area contributed by atoms with E-state index in [0.717, 1.165) is 10.8 Å². The molecule has 0 heterocycles. The lowest BCUT2D eigenvalue weighted by Gasteiger charge is -2.28. The van der Waals surface area contributed by atoms with Crippen molar-refractivity contribution in [1.82, 2.24) is 0 Å². The van der Waals surface area contributed by atoms with Crippen LogP contribution in [-0.4, -0.2) is 30.3 Å². The molecule has 7 heteroatoms. The van der Waals surface area contributed by atoms with Crippen molar-refractivity contribution in [3.05, 3.63) is 60.2 Å². The fourth-order valence-corrected chi connectivity index (χ4v) is 2.46. The Kier molecular flexibility index (Phi) is 6.48. The van der Waals surface area contributed by atoms with Crippen molar-refractivity contribution in [1.29, 1.82) is 0 Å². The van der Waals surface area contributed by atoms with E-state index in [0.29, 0.717) is 5.56 Å². The van der Waals surface area contributed by atoms with E-state index in [1.54, 1.807) is 25.1 Å². The molecule has 0 aliphatic carbocycles. The van der Waals surface area contributed by atoms with Crippen LogP contribution in [0.4, 0.5) is 13.2 Å². The maximum Gasteiger partial charge on any atom is 0.422 e. The lowest BCUT2D eigenvalue weighted by atomic mass is 9.99. The van der Waals surface area contributed by atoms with Crippen molar-refractivity contribution < 1.29 is 32.2 Å². The topological polar surface area (TPSA) is 52.6 Å². The van der Waals surface area contributed by atoms with Gasteiger partial charge in [0.1, 0.15) is 11.2 Å². The van der Waals surface area contributed by atoms with E-state index in [1.165, 1.54) is 6.92 Å². The van der Waals surface area contributed by atoms with E-state index in [1.807, 2.05) is 24.3 Å². The highest BCUT2D eigenvalue weighted by Crippen LogP contribution is 2.29. The molecule has 28 heavy (non-hydrogen) atoms. The second kappa shape index (κ2) is 8.46. The summed E-state index contributed by atoms with van der Waals surface area (Å²) in [6, 6.07) is 12.7. The van der Waals surface area contributed by atoms with E-state index in [4.69, 9.17) is 9.47 Å². The number of alkyl halides is 3. The Labute approximate surface area is 160 Å². The Bertz CT molecular complexity index is 889. The zero-order valence-electron chi connectivity index (χ0n) is 15.6. The Morgan fingerprint density at radius 2 is 1.71 bits per heavy atom. The van der Waals surface area contributed by atoms with Gasteiger partial charge in [-0.25, -0.2) is 9.59 Å². The third-order valence-corrected chi connectivity index (χ3v) is 4.52. The first kappa shape index (κ1) is 21.5. The summed E-state index contributed by atoms with van der Waals surface area (Å²) in [5.74, 6) is -2.09. The molecule has 0 saturated heterocycles. The summed E-state index contributed by atoms with van der Waals surface area (Å²) >= 11 is 0. The van der Waals surface area contributed by atoms with Crippen molar-refractivity contribution in [2.24, 2.45) is 0 Å². The average Bonchev–Trinajstić information content (AvgIpc) is 2.66. The smallest absolute Gasteiger partial charge is 0.422 e. The van der Waals surface area contributed by atoms with E-state index in [9.17, 15) is 22.8 Å². The number of carbonyl (C=O) groups is 2. The van der Waals surface area contributed by atoms with E-state index in [2.05, 4.69) is 6.58 Å².